The minimum Gasteiger partial charge on any atom is -0.388 e. The normalized spacial score (nSPS) is 18.0. The van der Waals surface area contributed by atoms with Crippen molar-refractivity contribution in [2.24, 2.45) is 0 Å². The number of nitrogens with one attached hydrogen (secondary N) is 1. The molecule has 0 radical (unpaired) electrons. The standard InChI is InChI=1S/C17H25NO2/c1-13(2)14-6-8-15(9-7-14)16(19)18-12-17(20)10-4-3-5-11-17/h6-9,13,20H,3-5,10-12H2,1-2H3,(H,18,19). The van der Waals surface area contributed by atoms with Crippen LogP contribution in [0, 0.1) is 0 Å². The second kappa shape index (κ2) is 6.40. The predicted molar refractivity (Wildman–Crippen MR) is 80.9 cm³/mol. The van der Waals surface area contributed by atoms with Crippen LogP contribution in [0.25, 0.3) is 0 Å². The summed E-state index contributed by atoms with van der Waals surface area (Å²) in [7, 11) is 0. The largest absolute Gasteiger partial charge is 0.388 e. The van der Waals surface area contributed by atoms with E-state index in [1.807, 2.05) is 24.3 Å². The number of carbonyl (C=O) groups is 1. The first-order valence-electron chi connectivity index (χ1n) is 7.61. The molecule has 0 unspecified atom stereocenters. The van der Waals surface area contributed by atoms with Crippen molar-refractivity contribution < 1.29 is 9.90 Å². The number of carbonyl (C=O) groups excluding carboxylic acids is 1. The molecular weight excluding hydrogens is 250 g/mol. The Morgan fingerprint density at radius 3 is 2.35 bits per heavy atom. The molecule has 2 N–H and O–H groups in total. The molecule has 0 spiro atoms. The monoisotopic (exact) mass is 275 g/mol. The van der Waals surface area contributed by atoms with Crippen LogP contribution >= 0.6 is 0 Å². The Morgan fingerprint density at radius 2 is 1.80 bits per heavy atom. The Morgan fingerprint density at radius 1 is 1.20 bits per heavy atom. The van der Waals surface area contributed by atoms with Gasteiger partial charge in [0.1, 0.15) is 0 Å². The van der Waals surface area contributed by atoms with Crippen LogP contribution in [0.15, 0.2) is 24.3 Å². The van der Waals surface area contributed by atoms with Crippen LogP contribution < -0.4 is 5.32 Å². The van der Waals surface area contributed by atoms with Gasteiger partial charge in [-0.05, 0) is 36.5 Å². The first kappa shape index (κ1) is 15.0. The Balaban J connectivity index is 1.91. The van der Waals surface area contributed by atoms with Crippen molar-refractivity contribution in [1.29, 1.82) is 0 Å². The van der Waals surface area contributed by atoms with Gasteiger partial charge in [0.2, 0.25) is 0 Å². The Hall–Kier alpha value is -1.35. The third-order valence-electron chi connectivity index (χ3n) is 4.20. The summed E-state index contributed by atoms with van der Waals surface area (Å²) in [6.45, 7) is 4.62. The van der Waals surface area contributed by atoms with Gasteiger partial charge in [0.25, 0.3) is 5.91 Å². The average molecular weight is 275 g/mol. The van der Waals surface area contributed by atoms with Gasteiger partial charge in [-0.1, -0.05) is 45.2 Å². The van der Waals surface area contributed by atoms with Gasteiger partial charge in [-0.2, -0.15) is 0 Å². The quantitative estimate of drug-likeness (QED) is 0.886. The van der Waals surface area contributed by atoms with Crippen LogP contribution in [-0.4, -0.2) is 23.2 Å². The summed E-state index contributed by atoms with van der Waals surface area (Å²) >= 11 is 0. The summed E-state index contributed by atoms with van der Waals surface area (Å²) in [5.41, 5.74) is 1.19. The molecule has 3 nitrogen and oxygen atoms in total. The van der Waals surface area contributed by atoms with E-state index in [1.54, 1.807) is 0 Å². The zero-order valence-electron chi connectivity index (χ0n) is 12.5. The van der Waals surface area contributed by atoms with Crippen LogP contribution in [-0.2, 0) is 0 Å². The summed E-state index contributed by atoms with van der Waals surface area (Å²) in [6.07, 6.45) is 4.87. The molecule has 1 saturated carbocycles. The maximum absolute atomic E-state index is 12.1. The van der Waals surface area contributed by atoms with Crippen molar-refractivity contribution in [3.63, 3.8) is 0 Å². The van der Waals surface area contributed by atoms with E-state index in [1.165, 1.54) is 12.0 Å². The van der Waals surface area contributed by atoms with Gasteiger partial charge in [0.05, 0.1) is 5.60 Å². The molecule has 0 bridgehead atoms. The van der Waals surface area contributed by atoms with Crippen molar-refractivity contribution in [2.75, 3.05) is 6.54 Å². The smallest absolute Gasteiger partial charge is 0.251 e. The zero-order valence-corrected chi connectivity index (χ0v) is 12.5. The molecule has 0 saturated heterocycles. The summed E-state index contributed by atoms with van der Waals surface area (Å²) in [6, 6.07) is 7.70. The van der Waals surface area contributed by atoms with E-state index < -0.39 is 5.60 Å². The molecule has 2 rings (SSSR count). The molecule has 1 aliphatic rings. The van der Waals surface area contributed by atoms with Gasteiger partial charge in [0, 0.05) is 12.1 Å². The van der Waals surface area contributed by atoms with Crippen molar-refractivity contribution in [3.05, 3.63) is 35.4 Å². The third-order valence-corrected chi connectivity index (χ3v) is 4.20. The fourth-order valence-electron chi connectivity index (χ4n) is 2.75. The lowest BCUT2D eigenvalue weighted by atomic mass is 9.85. The molecule has 0 heterocycles. The first-order valence-corrected chi connectivity index (χ1v) is 7.61. The lowest BCUT2D eigenvalue weighted by Gasteiger charge is -2.32. The predicted octanol–water partition coefficient (Wildman–Crippen LogP) is 3.24. The molecule has 3 heteroatoms. The summed E-state index contributed by atoms with van der Waals surface area (Å²) in [4.78, 5) is 12.1. The molecule has 0 aliphatic heterocycles. The van der Waals surface area contributed by atoms with Crippen LogP contribution in [0.2, 0.25) is 0 Å². The summed E-state index contributed by atoms with van der Waals surface area (Å²) < 4.78 is 0. The van der Waals surface area contributed by atoms with E-state index in [0.29, 0.717) is 18.0 Å². The molecule has 1 fully saturated rings. The van der Waals surface area contributed by atoms with E-state index in [9.17, 15) is 9.90 Å². The number of rotatable bonds is 4. The van der Waals surface area contributed by atoms with Gasteiger partial charge >= 0.3 is 0 Å². The maximum Gasteiger partial charge on any atom is 0.251 e. The van der Waals surface area contributed by atoms with Gasteiger partial charge in [0.15, 0.2) is 0 Å². The second-order valence-electron chi connectivity index (χ2n) is 6.24. The van der Waals surface area contributed by atoms with E-state index in [0.717, 1.165) is 25.7 Å². The van der Waals surface area contributed by atoms with E-state index in [-0.39, 0.29) is 5.91 Å². The van der Waals surface area contributed by atoms with Gasteiger partial charge in [-0.15, -0.1) is 0 Å². The highest BCUT2D eigenvalue weighted by Gasteiger charge is 2.29. The fraction of sp³-hybridized carbons (Fsp3) is 0.588. The third kappa shape index (κ3) is 3.83. The summed E-state index contributed by atoms with van der Waals surface area (Å²) in [5, 5.41) is 13.2. The molecule has 20 heavy (non-hydrogen) atoms. The average Bonchev–Trinajstić information content (AvgIpc) is 2.46. The number of aliphatic hydroxyl groups is 1. The minimum absolute atomic E-state index is 0.0979. The van der Waals surface area contributed by atoms with Crippen LogP contribution in [0.5, 0.6) is 0 Å². The molecule has 0 aromatic heterocycles. The first-order chi connectivity index (χ1) is 9.50. The van der Waals surface area contributed by atoms with Crippen LogP contribution in [0.4, 0.5) is 0 Å². The molecule has 1 aliphatic carbocycles. The molecular formula is C17H25NO2. The van der Waals surface area contributed by atoms with Gasteiger partial charge in [-0.25, -0.2) is 0 Å². The van der Waals surface area contributed by atoms with Crippen molar-refractivity contribution >= 4 is 5.91 Å². The highest BCUT2D eigenvalue weighted by Crippen LogP contribution is 2.27. The van der Waals surface area contributed by atoms with Crippen molar-refractivity contribution in [2.45, 2.75) is 57.5 Å². The molecule has 110 valence electrons. The Bertz CT molecular complexity index is 445. The molecule has 1 amide bonds. The maximum atomic E-state index is 12.1. The number of hydrogen-bond acceptors (Lipinski definition) is 2. The Kier molecular flexibility index (Phi) is 4.81. The van der Waals surface area contributed by atoms with Crippen LogP contribution in [0.3, 0.4) is 0 Å². The van der Waals surface area contributed by atoms with Gasteiger partial charge < -0.3 is 10.4 Å². The number of amides is 1. The molecule has 0 atom stereocenters. The SMILES string of the molecule is CC(C)c1ccc(C(=O)NCC2(O)CCCCC2)cc1. The highest BCUT2D eigenvalue weighted by atomic mass is 16.3. The minimum atomic E-state index is -0.703. The second-order valence-corrected chi connectivity index (χ2v) is 6.24. The highest BCUT2D eigenvalue weighted by molar-refractivity contribution is 5.94. The molecule has 1 aromatic rings. The fourth-order valence-corrected chi connectivity index (χ4v) is 2.75. The van der Waals surface area contributed by atoms with E-state index in [2.05, 4.69) is 19.2 Å². The molecule has 1 aromatic carbocycles. The van der Waals surface area contributed by atoms with Crippen LogP contribution in [0.1, 0.15) is 67.8 Å². The Labute approximate surface area is 121 Å². The van der Waals surface area contributed by atoms with Gasteiger partial charge in [-0.3, -0.25) is 4.79 Å². The topological polar surface area (TPSA) is 49.3 Å². The van der Waals surface area contributed by atoms with E-state index >= 15 is 0 Å². The summed E-state index contributed by atoms with van der Waals surface area (Å²) in [5.74, 6) is 0.370. The van der Waals surface area contributed by atoms with Crippen molar-refractivity contribution in [1.82, 2.24) is 5.32 Å². The van der Waals surface area contributed by atoms with E-state index in [4.69, 9.17) is 0 Å². The number of hydrogen-bond donors (Lipinski definition) is 2. The van der Waals surface area contributed by atoms with Crippen molar-refractivity contribution in [3.8, 4) is 0 Å². The number of benzene rings is 1. The zero-order chi connectivity index (χ0) is 14.6. The lowest BCUT2D eigenvalue weighted by molar-refractivity contribution is 0.00526. The lowest BCUT2D eigenvalue weighted by Crippen LogP contribution is -2.44.